The van der Waals surface area contributed by atoms with Crippen LogP contribution in [0, 0.1) is 5.92 Å². The van der Waals surface area contributed by atoms with Crippen LogP contribution < -0.4 is 15.5 Å². The molecule has 1 unspecified atom stereocenters. The lowest BCUT2D eigenvalue weighted by atomic mass is 10.0. The highest BCUT2D eigenvalue weighted by Crippen LogP contribution is 2.14. The van der Waals surface area contributed by atoms with Gasteiger partial charge in [0.15, 0.2) is 5.96 Å². The standard InChI is InChI=1S/C22H40N6/c1-6-23-22(26-19(4)9-7-8-18(2)3)25-17-20-10-11-21(24-16-20)28-14-12-27(5)13-15-28/h10-11,16,18-19H,6-9,12-15,17H2,1-5H3,(H2,23,25,26). The number of hydrogen-bond acceptors (Lipinski definition) is 4. The number of anilines is 1. The van der Waals surface area contributed by atoms with Crippen molar-refractivity contribution in [2.45, 2.75) is 59.5 Å². The third-order valence-corrected chi connectivity index (χ3v) is 5.20. The van der Waals surface area contributed by atoms with Crippen LogP contribution in [0.25, 0.3) is 0 Å². The molecule has 6 nitrogen and oxygen atoms in total. The minimum absolute atomic E-state index is 0.425. The van der Waals surface area contributed by atoms with Crippen LogP contribution in [-0.4, -0.2) is 61.7 Å². The Morgan fingerprint density at radius 1 is 1.14 bits per heavy atom. The maximum atomic E-state index is 4.75. The second kappa shape index (κ2) is 11.9. The molecule has 6 heteroatoms. The molecule has 0 bridgehead atoms. The number of nitrogens with zero attached hydrogens (tertiary/aromatic N) is 4. The van der Waals surface area contributed by atoms with E-state index in [1.807, 2.05) is 6.20 Å². The Labute approximate surface area is 171 Å². The zero-order valence-electron chi connectivity index (χ0n) is 18.5. The fourth-order valence-electron chi connectivity index (χ4n) is 3.36. The van der Waals surface area contributed by atoms with E-state index in [9.17, 15) is 0 Å². The summed E-state index contributed by atoms with van der Waals surface area (Å²) in [6.45, 7) is 14.7. The number of guanidine groups is 1. The lowest BCUT2D eigenvalue weighted by Crippen LogP contribution is -2.44. The Balaban J connectivity index is 1.85. The van der Waals surface area contributed by atoms with E-state index in [4.69, 9.17) is 4.99 Å². The molecule has 1 aromatic heterocycles. The zero-order chi connectivity index (χ0) is 20.4. The fourth-order valence-corrected chi connectivity index (χ4v) is 3.36. The summed E-state index contributed by atoms with van der Waals surface area (Å²) in [6.07, 6.45) is 5.67. The van der Waals surface area contributed by atoms with Gasteiger partial charge < -0.3 is 20.4 Å². The first kappa shape index (κ1) is 22.5. The van der Waals surface area contributed by atoms with E-state index in [0.29, 0.717) is 12.6 Å². The Bertz CT molecular complexity index is 575. The van der Waals surface area contributed by atoms with Gasteiger partial charge in [-0.3, -0.25) is 0 Å². The quantitative estimate of drug-likeness (QED) is 0.503. The summed E-state index contributed by atoms with van der Waals surface area (Å²) < 4.78 is 0. The minimum atomic E-state index is 0.425. The molecule has 1 atom stereocenters. The van der Waals surface area contributed by atoms with Crippen LogP contribution in [0.4, 0.5) is 5.82 Å². The third kappa shape index (κ3) is 8.05. The molecule has 0 amide bonds. The van der Waals surface area contributed by atoms with Gasteiger partial charge in [0.1, 0.15) is 5.82 Å². The number of pyridine rings is 1. The summed E-state index contributed by atoms with van der Waals surface area (Å²) in [5, 5.41) is 6.89. The molecule has 2 N–H and O–H groups in total. The van der Waals surface area contributed by atoms with Gasteiger partial charge in [-0.15, -0.1) is 0 Å². The number of rotatable bonds is 9. The lowest BCUT2D eigenvalue weighted by Gasteiger charge is -2.33. The van der Waals surface area contributed by atoms with Gasteiger partial charge in [0.05, 0.1) is 6.54 Å². The molecular formula is C22H40N6. The second-order valence-electron chi connectivity index (χ2n) is 8.38. The van der Waals surface area contributed by atoms with Gasteiger partial charge in [0.25, 0.3) is 0 Å². The Kier molecular flexibility index (Phi) is 9.55. The number of aliphatic imine (C=N–C) groups is 1. The summed E-state index contributed by atoms with van der Waals surface area (Å²) in [4.78, 5) is 14.1. The minimum Gasteiger partial charge on any atom is -0.357 e. The normalized spacial score (nSPS) is 17.1. The Morgan fingerprint density at radius 2 is 1.89 bits per heavy atom. The van der Waals surface area contributed by atoms with Crippen molar-refractivity contribution in [1.29, 1.82) is 0 Å². The smallest absolute Gasteiger partial charge is 0.191 e. The molecule has 2 rings (SSSR count). The average Bonchev–Trinajstić information content (AvgIpc) is 2.67. The van der Waals surface area contributed by atoms with Crippen LogP contribution in [0.1, 0.15) is 52.5 Å². The van der Waals surface area contributed by atoms with Crippen molar-refractivity contribution < 1.29 is 0 Å². The van der Waals surface area contributed by atoms with Gasteiger partial charge in [-0.2, -0.15) is 0 Å². The van der Waals surface area contributed by atoms with Crippen molar-refractivity contribution in [1.82, 2.24) is 20.5 Å². The molecule has 2 heterocycles. The molecule has 158 valence electrons. The molecule has 1 aliphatic rings. The van der Waals surface area contributed by atoms with E-state index in [1.165, 1.54) is 19.3 Å². The van der Waals surface area contributed by atoms with Gasteiger partial charge >= 0.3 is 0 Å². The molecule has 28 heavy (non-hydrogen) atoms. The zero-order valence-corrected chi connectivity index (χ0v) is 18.5. The number of hydrogen-bond donors (Lipinski definition) is 2. The molecule has 0 radical (unpaired) electrons. The van der Waals surface area contributed by atoms with Crippen LogP contribution in [0.3, 0.4) is 0 Å². The van der Waals surface area contributed by atoms with Gasteiger partial charge in [-0.05, 0) is 44.9 Å². The van der Waals surface area contributed by atoms with E-state index >= 15 is 0 Å². The van der Waals surface area contributed by atoms with E-state index < -0.39 is 0 Å². The summed E-state index contributed by atoms with van der Waals surface area (Å²) in [6, 6.07) is 4.71. The van der Waals surface area contributed by atoms with Crippen molar-refractivity contribution in [3.8, 4) is 0 Å². The number of piperazine rings is 1. The maximum absolute atomic E-state index is 4.75. The van der Waals surface area contributed by atoms with E-state index in [2.05, 4.69) is 72.3 Å². The van der Waals surface area contributed by atoms with Crippen molar-refractivity contribution in [3.05, 3.63) is 23.9 Å². The van der Waals surface area contributed by atoms with Gasteiger partial charge in [-0.1, -0.05) is 32.8 Å². The molecule has 0 spiro atoms. The third-order valence-electron chi connectivity index (χ3n) is 5.20. The molecule has 1 saturated heterocycles. The molecular weight excluding hydrogens is 348 g/mol. The van der Waals surface area contributed by atoms with Crippen molar-refractivity contribution in [3.63, 3.8) is 0 Å². The predicted octanol–water partition coefficient (Wildman–Crippen LogP) is 3.10. The van der Waals surface area contributed by atoms with Crippen LogP contribution in [0.2, 0.25) is 0 Å². The number of aromatic nitrogens is 1. The lowest BCUT2D eigenvalue weighted by molar-refractivity contribution is 0.312. The Hall–Kier alpha value is -1.82. The molecule has 0 aliphatic carbocycles. The van der Waals surface area contributed by atoms with Crippen LogP contribution in [0.15, 0.2) is 23.3 Å². The fraction of sp³-hybridized carbons (Fsp3) is 0.727. The largest absolute Gasteiger partial charge is 0.357 e. The van der Waals surface area contributed by atoms with Gasteiger partial charge in [0, 0.05) is 45.0 Å². The topological polar surface area (TPSA) is 55.8 Å². The number of likely N-dealkylation sites (N-methyl/N-ethyl adjacent to an activating group) is 1. The van der Waals surface area contributed by atoms with Crippen molar-refractivity contribution in [2.75, 3.05) is 44.7 Å². The van der Waals surface area contributed by atoms with Gasteiger partial charge in [0.2, 0.25) is 0 Å². The summed E-state index contributed by atoms with van der Waals surface area (Å²) in [5.74, 6) is 2.74. The molecule has 0 aromatic carbocycles. The van der Waals surface area contributed by atoms with Crippen LogP contribution >= 0.6 is 0 Å². The van der Waals surface area contributed by atoms with Crippen molar-refractivity contribution >= 4 is 11.8 Å². The predicted molar refractivity (Wildman–Crippen MR) is 120 cm³/mol. The summed E-state index contributed by atoms with van der Waals surface area (Å²) in [7, 11) is 2.17. The monoisotopic (exact) mass is 388 g/mol. The average molecular weight is 389 g/mol. The SMILES string of the molecule is CCNC(=NCc1ccc(N2CCN(C)CC2)nc1)NC(C)CCCC(C)C. The first-order valence-corrected chi connectivity index (χ1v) is 10.9. The van der Waals surface area contributed by atoms with Gasteiger partial charge in [-0.25, -0.2) is 9.98 Å². The van der Waals surface area contributed by atoms with Crippen molar-refractivity contribution in [2.24, 2.45) is 10.9 Å². The number of nitrogens with one attached hydrogen (secondary N) is 2. The van der Waals surface area contributed by atoms with Crippen LogP contribution in [-0.2, 0) is 6.54 Å². The van der Waals surface area contributed by atoms with E-state index in [-0.39, 0.29) is 0 Å². The molecule has 1 fully saturated rings. The Morgan fingerprint density at radius 3 is 2.50 bits per heavy atom. The molecule has 0 saturated carbocycles. The summed E-state index contributed by atoms with van der Waals surface area (Å²) in [5.41, 5.74) is 1.14. The molecule has 1 aliphatic heterocycles. The highest BCUT2D eigenvalue weighted by atomic mass is 15.3. The second-order valence-corrected chi connectivity index (χ2v) is 8.38. The molecule has 1 aromatic rings. The highest BCUT2D eigenvalue weighted by Gasteiger charge is 2.15. The van der Waals surface area contributed by atoms with Crippen LogP contribution in [0.5, 0.6) is 0 Å². The summed E-state index contributed by atoms with van der Waals surface area (Å²) >= 11 is 0. The highest BCUT2D eigenvalue weighted by molar-refractivity contribution is 5.80. The first-order valence-electron chi connectivity index (χ1n) is 10.9. The first-order chi connectivity index (χ1) is 13.5. The van der Waals surface area contributed by atoms with E-state index in [1.54, 1.807) is 0 Å². The van der Waals surface area contributed by atoms with E-state index in [0.717, 1.165) is 56.0 Å². The maximum Gasteiger partial charge on any atom is 0.191 e.